The zero-order valence-electron chi connectivity index (χ0n) is 16.3. The third-order valence-corrected chi connectivity index (χ3v) is 6.28. The van der Waals surface area contributed by atoms with Crippen molar-refractivity contribution in [2.45, 2.75) is 4.90 Å². The number of hydrogen-bond acceptors (Lipinski definition) is 10. The number of amides is 2. The van der Waals surface area contributed by atoms with E-state index in [1.54, 1.807) is 0 Å². The van der Waals surface area contributed by atoms with Crippen LogP contribution in [0.15, 0.2) is 58.3 Å². The minimum Gasteiger partial charge on any atom is -0.468 e. The van der Waals surface area contributed by atoms with Crippen LogP contribution in [0.5, 0.6) is 5.75 Å². The van der Waals surface area contributed by atoms with Crippen molar-refractivity contribution in [1.29, 1.82) is 0 Å². The zero-order valence-corrected chi connectivity index (χ0v) is 17.9. The fourth-order valence-corrected chi connectivity index (χ4v) is 4.28. The molecule has 2 amide bonds. The fourth-order valence-electron chi connectivity index (χ4n) is 2.51. The monoisotopic (exact) mass is 478 g/mol. The summed E-state index contributed by atoms with van der Waals surface area (Å²) in [5.41, 5.74) is 0.220. The number of methoxy groups -OCH3 is 1. The Hall–Kier alpha value is -3.71. The molecule has 1 saturated heterocycles. The largest absolute Gasteiger partial charge is 0.468 e. The van der Waals surface area contributed by atoms with Gasteiger partial charge in [0.15, 0.2) is 0 Å². The van der Waals surface area contributed by atoms with Crippen molar-refractivity contribution >= 4 is 50.8 Å². The molecule has 11 nitrogen and oxygen atoms in total. The molecule has 0 saturated carbocycles. The maximum atomic E-state index is 12.3. The quantitative estimate of drug-likeness (QED) is 0.191. The number of esters is 1. The number of carbonyl (C=O) groups excluding carboxylic acids is 3. The molecule has 0 aliphatic carbocycles. The predicted molar refractivity (Wildman–Crippen MR) is 112 cm³/mol. The van der Waals surface area contributed by atoms with Crippen molar-refractivity contribution in [3.8, 4) is 5.75 Å². The van der Waals surface area contributed by atoms with Crippen molar-refractivity contribution in [2.24, 2.45) is 0 Å². The summed E-state index contributed by atoms with van der Waals surface area (Å²) in [7, 11) is -3.08. The molecule has 1 aliphatic heterocycles. The molecule has 3 rings (SSSR count). The second-order valence-corrected chi connectivity index (χ2v) is 8.74. The lowest BCUT2D eigenvalue weighted by molar-refractivity contribution is -0.384. The SMILES string of the molecule is COC(=O)CN1C(=O)S/C(=C\c2ccc(OS(=O)(=O)c3ccc([N+](=O)[O-])cc3)cc2)C1=O. The number of nitrogens with zero attached hydrogens (tertiary/aromatic N) is 2. The number of hydrogen-bond donors (Lipinski definition) is 0. The molecule has 1 fully saturated rings. The third kappa shape index (κ3) is 5.12. The maximum Gasteiger partial charge on any atom is 0.339 e. The van der Waals surface area contributed by atoms with Crippen molar-refractivity contribution in [3.63, 3.8) is 0 Å². The van der Waals surface area contributed by atoms with Crippen molar-refractivity contribution < 1.29 is 36.6 Å². The topological polar surface area (TPSA) is 150 Å². The van der Waals surface area contributed by atoms with E-state index >= 15 is 0 Å². The van der Waals surface area contributed by atoms with Crippen LogP contribution in [0.25, 0.3) is 6.08 Å². The van der Waals surface area contributed by atoms with Crippen LogP contribution in [0.4, 0.5) is 10.5 Å². The van der Waals surface area contributed by atoms with E-state index in [1.165, 1.54) is 30.3 Å². The van der Waals surface area contributed by atoms with Crippen LogP contribution in [0.3, 0.4) is 0 Å². The molecule has 0 unspecified atom stereocenters. The van der Waals surface area contributed by atoms with Gasteiger partial charge >= 0.3 is 16.1 Å². The van der Waals surface area contributed by atoms with E-state index in [0.717, 1.165) is 36.3 Å². The number of imide groups is 1. The molecule has 0 N–H and O–H groups in total. The Balaban J connectivity index is 1.72. The van der Waals surface area contributed by atoms with Crippen molar-refractivity contribution in [2.75, 3.05) is 13.7 Å². The lowest BCUT2D eigenvalue weighted by Crippen LogP contribution is -2.34. The Morgan fingerprint density at radius 1 is 1.12 bits per heavy atom. The number of benzene rings is 2. The van der Waals surface area contributed by atoms with Crippen LogP contribution in [0.1, 0.15) is 5.56 Å². The lowest BCUT2D eigenvalue weighted by Gasteiger charge is -2.09. The molecule has 2 aromatic rings. The average Bonchev–Trinajstić information content (AvgIpc) is 3.02. The first-order valence-electron chi connectivity index (χ1n) is 8.72. The highest BCUT2D eigenvalue weighted by Gasteiger charge is 2.36. The predicted octanol–water partition coefficient (Wildman–Crippen LogP) is 2.57. The van der Waals surface area contributed by atoms with Gasteiger partial charge < -0.3 is 8.92 Å². The van der Waals surface area contributed by atoms with Crippen LogP contribution >= 0.6 is 11.8 Å². The maximum absolute atomic E-state index is 12.3. The van der Waals surface area contributed by atoms with Gasteiger partial charge in [0.25, 0.3) is 16.8 Å². The first-order valence-corrected chi connectivity index (χ1v) is 10.9. The lowest BCUT2D eigenvalue weighted by atomic mass is 10.2. The number of non-ortho nitro benzene ring substituents is 1. The van der Waals surface area contributed by atoms with Gasteiger partial charge in [0.2, 0.25) is 0 Å². The first kappa shape index (κ1) is 23.0. The molecule has 0 bridgehead atoms. The van der Waals surface area contributed by atoms with Gasteiger partial charge in [-0.1, -0.05) is 12.1 Å². The summed E-state index contributed by atoms with van der Waals surface area (Å²) in [4.78, 5) is 46.2. The van der Waals surface area contributed by atoms with Gasteiger partial charge in [0.1, 0.15) is 17.2 Å². The number of rotatable bonds is 7. The summed E-state index contributed by atoms with van der Waals surface area (Å²) in [5, 5.41) is 10.1. The molecule has 0 radical (unpaired) electrons. The Bertz CT molecular complexity index is 1220. The summed E-state index contributed by atoms with van der Waals surface area (Å²) < 4.78 is 34.2. The van der Waals surface area contributed by atoms with Crippen LogP contribution in [0.2, 0.25) is 0 Å². The van der Waals surface area contributed by atoms with E-state index in [9.17, 15) is 32.9 Å². The van der Waals surface area contributed by atoms with Crippen LogP contribution < -0.4 is 4.18 Å². The summed E-state index contributed by atoms with van der Waals surface area (Å²) in [6, 6.07) is 9.84. The number of ether oxygens (including phenoxy) is 1. The van der Waals surface area contributed by atoms with Crippen molar-refractivity contribution in [3.05, 3.63) is 69.1 Å². The number of nitro benzene ring substituents is 1. The molecule has 0 atom stereocenters. The standard InChI is InChI=1S/C19H14N2O9S2/c1-29-17(22)11-20-18(23)16(31-19(20)24)10-12-2-6-14(7-3-12)30-32(27,28)15-8-4-13(5-9-15)21(25)26/h2-10H,11H2,1H3/b16-10-. The van der Waals surface area contributed by atoms with E-state index < -0.39 is 38.7 Å². The summed E-state index contributed by atoms with van der Waals surface area (Å²) in [6.45, 7) is -0.494. The highest BCUT2D eigenvalue weighted by Crippen LogP contribution is 2.32. The van der Waals surface area contributed by atoms with Gasteiger partial charge in [-0.25, -0.2) is 0 Å². The minimum absolute atomic E-state index is 0.0284. The highest BCUT2D eigenvalue weighted by atomic mass is 32.2. The molecular weight excluding hydrogens is 464 g/mol. The van der Waals surface area contributed by atoms with Crippen molar-refractivity contribution in [1.82, 2.24) is 4.90 Å². The summed E-state index contributed by atoms with van der Waals surface area (Å²) in [5.74, 6) is -1.41. The van der Waals surface area contributed by atoms with Crippen LogP contribution in [-0.4, -0.2) is 49.0 Å². The van der Waals surface area contributed by atoms with E-state index in [-0.39, 0.29) is 21.2 Å². The normalized spacial score (nSPS) is 15.2. The van der Waals surface area contributed by atoms with Gasteiger partial charge in [-0.05, 0) is 47.7 Å². The Morgan fingerprint density at radius 3 is 2.31 bits per heavy atom. The van der Waals surface area contributed by atoms with Gasteiger partial charge in [-0.2, -0.15) is 8.42 Å². The molecule has 2 aromatic carbocycles. The molecule has 1 aliphatic rings. The van der Waals surface area contributed by atoms with Gasteiger partial charge in [0, 0.05) is 12.1 Å². The zero-order chi connectivity index (χ0) is 23.5. The number of thioether (sulfide) groups is 1. The van der Waals surface area contributed by atoms with Gasteiger partial charge in [-0.3, -0.25) is 29.4 Å². The molecule has 0 aromatic heterocycles. The van der Waals surface area contributed by atoms with E-state index in [4.69, 9.17) is 4.18 Å². The first-order chi connectivity index (χ1) is 15.1. The Kier molecular flexibility index (Phi) is 6.60. The molecule has 32 heavy (non-hydrogen) atoms. The van der Waals surface area contributed by atoms with Gasteiger partial charge in [-0.15, -0.1) is 0 Å². The number of carbonyl (C=O) groups is 3. The Morgan fingerprint density at radius 2 is 1.75 bits per heavy atom. The molecular formula is C19H14N2O9S2. The highest BCUT2D eigenvalue weighted by molar-refractivity contribution is 8.18. The van der Waals surface area contributed by atoms with Crippen LogP contribution in [-0.2, 0) is 24.4 Å². The van der Waals surface area contributed by atoms with Gasteiger partial charge in [0.05, 0.1) is 16.9 Å². The van der Waals surface area contributed by atoms with E-state index in [1.807, 2.05) is 0 Å². The Labute approximate surface area is 185 Å². The van der Waals surface area contributed by atoms with Crippen LogP contribution in [0, 0.1) is 10.1 Å². The summed E-state index contributed by atoms with van der Waals surface area (Å²) in [6.07, 6.45) is 1.41. The third-order valence-electron chi connectivity index (χ3n) is 4.11. The molecule has 13 heteroatoms. The molecule has 166 valence electrons. The fraction of sp³-hybridized carbons (Fsp3) is 0.105. The second-order valence-electron chi connectivity index (χ2n) is 6.20. The summed E-state index contributed by atoms with van der Waals surface area (Å²) >= 11 is 0.659. The number of nitro groups is 1. The molecule has 0 spiro atoms. The van der Waals surface area contributed by atoms with E-state index in [0.29, 0.717) is 17.3 Å². The minimum atomic E-state index is -4.22. The molecule has 1 heterocycles. The smallest absolute Gasteiger partial charge is 0.339 e. The average molecular weight is 478 g/mol. The van der Waals surface area contributed by atoms with E-state index in [2.05, 4.69) is 4.74 Å². The second kappa shape index (κ2) is 9.20.